The van der Waals surface area contributed by atoms with Gasteiger partial charge in [0.15, 0.2) is 0 Å². The van der Waals surface area contributed by atoms with Gasteiger partial charge in [0.2, 0.25) is 10.0 Å². The number of fused-ring (bicyclic) bond motifs is 2. The number of carbonyl (C=O) groups is 2. The number of aromatic nitrogens is 3. The minimum Gasteiger partial charge on any atom is -0.366 e. The molecule has 35 heavy (non-hydrogen) atoms. The number of halogens is 1. The molecule has 0 spiro atoms. The summed E-state index contributed by atoms with van der Waals surface area (Å²) in [6.45, 7) is -0.0515. The molecule has 11 nitrogen and oxygen atoms in total. The number of morpholine rings is 1. The van der Waals surface area contributed by atoms with Gasteiger partial charge >= 0.3 is 0 Å². The fourth-order valence-electron chi connectivity index (χ4n) is 4.09. The van der Waals surface area contributed by atoms with Crippen LogP contribution >= 0.6 is 15.9 Å². The Morgan fingerprint density at radius 2 is 2.00 bits per heavy atom. The summed E-state index contributed by atoms with van der Waals surface area (Å²) < 4.78 is 34.6. The second-order valence-electron chi connectivity index (χ2n) is 8.02. The Morgan fingerprint density at radius 1 is 1.20 bits per heavy atom. The summed E-state index contributed by atoms with van der Waals surface area (Å²) in [5.74, 6) is -0.804. The molecule has 4 aromatic rings. The first-order valence-electron chi connectivity index (χ1n) is 10.7. The number of sulfonamides is 1. The topological polar surface area (TPSA) is 163 Å². The molecule has 0 radical (unpaired) electrons. The van der Waals surface area contributed by atoms with E-state index in [1.165, 1.54) is 0 Å². The van der Waals surface area contributed by atoms with Gasteiger partial charge in [-0.1, -0.05) is 28.1 Å². The van der Waals surface area contributed by atoms with Crippen LogP contribution < -0.4 is 11.1 Å². The van der Waals surface area contributed by atoms with E-state index in [0.717, 1.165) is 15.3 Å². The van der Waals surface area contributed by atoms with Crippen LogP contribution in [-0.2, 0) is 26.1 Å². The third-order valence-electron chi connectivity index (χ3n) is 5.75. The number of H-pyrrole nitrogens is 2. The number of carbonyl (C=O) groups excluding carboxylic acids is 2. The molecule has 2 amide bonds. The zero-order chi connectivity index (χ0) is 24.7. The molecule has 1 unspecified atom stereocenters. The van der Waals surface area contributed by atoms with Crippen LogP contribution in [0.1, 0.15) is 16.3 Å². The summed E-state index contributed by atoms with van der Waals surface area (Å²) in [6.07, 6.45) is -1.03. The number of amides is 2. The molecule has 0 aliphatic carbocycles. The maximum Gasteiger partial charge on any atom is 0.266 e. The Bertz CT molecular complexity index is 1530. The second-order valence-corrected chi connectivity index (χ2v) is 10.8. The van der Waals surface area contributed by atoms with Gasteiger partial charge in [-0.15, -0.1) is 0 Å². The SMILES string of the molecule is NC(=O)c1[nH]c2ccc(Br)cc2c1S(=O)(=O)N1CCOC(C(=O)NCc2nc3ccccc3[nH]2)C1. The largest absolute Gasteiger partial charge is 0.366 e. The molecule has 1 saturated heterocycles. The maximum absolute atomic E-state index is 13.6. The van der Waals surface area contributed by atoms with Crippen LogP contribution in [0.2, 0.25) is 0 Å². The van der Waals surface area contributed by atoms with E-state index in [0.29, 0.717) is 21.2 Å². The van der Waals surface area contributed by atoms with Crippen molar-refractivity contribution in [1.82, 2.24) is 24.6 Å². The summed E-state index contributed by atoms with van der Waals surface area (Å²) in [5.41, 5.74) is 7.34. The molecule has 1 aliphatic rings. The van der Waals surface area contributed by atoms with Gasteiger partial charge in [0.1, 0.15) is 22.5 Å². The van der Waals surface area contributed by atoms with Crippen LogP contribution in [0.4, 0.5) is 0 Å². The van der Waals surface area contributed by atoms with Crippen LogP contribution in [0, 0.1) is 0 Å². The summed E-state index contributed by atoms with van der Waals surface area (Å²) in [5, 5.41) is 3.06. The number of imidazole rings is 1. The van der Waals surface area contributed by atoms with Crippen molar-refractivity contribution in [3.8, 4) is 0 Å². The predicted molar refractivity (Wildman–Crippen MR) is 131 cm³/mol. The summed E-state index contributed by atoms with van der Waals surface area (Å²) in [4.78, 5) is 35.0. The Hall–Kier alpha value is -3.26. The molecule has 1 fully saturated rings. The third kappa shape index (κ3) is 4.43. The average Bonchev–Trinajstić information content (AvgIpc) is 3.44. The number of nitrogens with one attached hydrogen (secondary N) is 3. The van der Waals surface area contributed by atoms with E-state index in [-0.39, 0.29) is 36.8 Å². The number of ether oxygens (including phenoxy) is 1. The fourth-order valence-corrected chi connectivity index (χ4v) is 6.21. The summed E-state index contributed by atoms with van der Waals surface area (Å²) in [6, 6.07) is 12.5. The van der Waals surface area contributed by atoms with E-state index in [2.05, 4.69) is 36.2 Å². The number of para-hydroxylation sites is 2. The molecule has 182 valence electrons. The molecular weight excluding hydrogens is 540 g/mol. The highest BCUT2D eigenvalue weighted by atomic mass is 79.9. The molecule has 0 bridgehead atoms. The molecule has 2 aromatic carbocycles. The van der Waals surface area contributed by atoms with Gasteiger partial charge < -0.3 is 25.8 Å². The van der Waals surface area contributed by atoms with Crippen LogP contribution in [0.25, 0.3) is 21.9 Å². The van der Waals surface area contributed by atoms with Gasteiger partial charge in [-0.2, -0.15) is 4.31 Å². The standard InChI is InChI=1S/C22H21BrN6O5S/c23-12-5-6-14-13(9-12)20(19(28-14)21(24)30)35(32,33)29-7-8-34-17(11-29)22(31)25-10-18-26-15-3-1-2-4-16(15)27-18/h1-6,9,17,28H,7-8,10-11H2,(H2,24,30)(H,25,31)(H,26,27). The predicted octanol–water partition coefficient (Wildman–Crippen LogP) is 1.61. The van der Waals surface area contributed by atoms with Crippen LogP contribution in [0.3, 0.4) is 0 Å². The van der Waals surface area contributed by atoms with E-state index in [1.807, 2.05) is 24.3 Å². The van der Waals surface area contributed by atoms with Crippen LogP contribution in [0.15, 0.2) is 51.8 Å². The van der Waals surface area contributed by atoms with E-state index in [9.17, 15) is 18.0 Å². The number of nitrogens with two attached hydrogens (primary N) is 1. The molecule has 1 atom stereocenters. The Labute approximate surface area is 208 Å². The van der Waals surface area contributed by atoms with Crippen LogP contribution in [0.5, 0.6) is 0 Å². The molecule has 5 N–H and O–H groups in total. The number of aromatic amines is 2. The van der Waals surface area contributed by atoms with Crippen molar-refractivity contribution >= 4 is 59.7 Å². The van der Waals surface area contributed by atoms with Gasteiger partial charge in [-0.3, -0.25) is 9.59 Å². The zero-order valence-corrected chi connectivity index (χ0v) is 20.6. The minimum atomic E-state index is -4.19. The van der Waals surface area contributed by atoms with E-state index in [4.69, 9.17) is 10.5 Å². The third-order valence-corrected chi connectivity index (χ3v) is 8.19. The van der Waals surface area contributed by atoms with Gasteiger partial charge in [-0.25, -0.2) is 13.4 Å². The van der Waals surface area contributed by atoms with E-state index in [1.54, 1.807) is 18.2 Å². The summed E-state index contributed by atoms with van der Waals surface area (Å²) >= 11 is 3.33. The van der Waals surface area contributed by atoms with Crippen LogP contribution in [-0.4, -0.2) is 65.3 Å². The van der Waals surface area contributed by atoms with Crippen molar-refractivity contribution in [2.75, 3.05) is 19.7 Å². The summed E-state index contributed by atoms with van der Waals surface area (Å²) in [7, 11) is -4.19. The van der Waals surface area contributed by atoms with Crippen molar-refractivity contribution < 1.29 is 22.7 Å². The monoisotopic (exact) mass is 560 g/mol. The van der Waals surface area contributed by atoms with E-state index < -0.39 is 27.9 Å². The van der Waals surface area contributed by atoms with Crippen molar-refractivity contribution in [1.29, 1.82) is 0 Å². The normalized spacial score (nSPS) is 17.1. The van der Waals surface area contributed by atoms with E-state index >= 15 is 0 Å². The number of primary amides is 1. The first-order chi connectivity index (χ1) is 16.7. The first-order valence-corrected chi connectivity index (χ1v) is 12.9. The highest BCUT2D eigenvalue weighted by Gasteiger charge is 2.37. The average molecular weight is 561 g/mol. The lowest BCUT2D eigenvalue weighted by Crippen LogP contribution is -2.51. The lowest BCUT2D eigenvalue weighted by molar-refractivity contribution is -0.136. The maximum atomic E-state index is 13.6. The smallest absolute Gasteiger partial charge is 0.266 e. The molecule has 3 heterocycles. The molecular formula is C22H21BrN6O5S. The Morgan fingerprint density at radius 3 is 2.77 bits per heavy atom. The Kier molecular flexibility index (Phi) is 6.09. The van der Waals surface area contributed by atoms with Gasteiger partial charge in [-0.05, 0) is 30.3 Å². The van der Waals surface area contributed by atoms with Crippen molar-refractivity contribution in [3.63, 3.8) is 0 Å². The van der Waals surface area contributed by atoms with Gasteiger partial charge in [0.25, 0.3) is 11.8 Å². The molecule has 13 heteroatoms. The van der Waals surface area contributed by atoms with Gasteiger partial charge in [0, 0.05) is 28.5 Å². The van der Waals surface area contributed by atoms with Crippen molar-refractivity contribution in [2.45, 2.75) is 17.5 Å². The molecule has 0 saturated carbocycles. The second kappa shape index (κ2) is 9.07. The lowest BCUT2D eigenvalue weighted by Gasteiger charge is -2.31. The highest BCUT2D eigenvalue weighted by molar-refractivity contribution is 9.10. The number of hydrogen-bond acceptors (Lipinski definition) is 6. The number of hydrogen-bond donors (Lipinski definition) is 4. The number of rotatable bonds is 6. The highest BCUT2D eigenvalue weighted by Crippen LogP contribution is 2.32. The number of benzene rings is 2. The van der Waals surface area contributed by atoms with Gasteiger partial charge in [0.05, 0.1) is 24.2 Å². The zero-order valence-electron chi connectivity index (χ0n) is 18.2. The molecule has 2 aromatic heterocycles. The Balaban J connectivity index is 1.36. The van der Waals surface area contributed by atoms with Crippen molar-refractivity contribution in [2.24, 2.45) is 5.73 Å². The number of nitrogens with zero attached hydrogens (tertiary/aromatic N) is 2. The molecule has 5 rings (SSSR count). The van der Waals surface area contributed by atoms with Crippen molar-refractivity contribution in [3.05, 3.63) is 58.5 Å². The molecule has 1 aliphatic heterocycles. The first kappa shape index (κ1) is 23.5. The lowest BCUT2D eigenvalue weighted by atomic mass is 10.2. The minimum absolute atomic E-state index is 0.0138. The quantitative estimate of drug-likeness (QED) is 0.280. The fraction of sp³-hybridized carbons (Fsp3) is 0.227.